The summed E-state index contributed by atoms with van der Waals surface area (Å²) in [4.78, 5) is 7.31. The van der Waals surface area contributed by atoms with Gasteiger partial charge in [-0.3, -0.25) is 0 Å². The Kier molecular flexibility index (Phi) is 8.01. The minimum atomic E-state index is 0.856. The van der Waals surface area contributed by atoms with Crippen LogP contribution in [-0.2, 0) is 0 Å². The number of hydrogen-bond acceptors (Lipinski definition) is 4. The number of furan rings is 1. The van der Waals surface area contributed by atoms with Gasteiger partial charge in [-0.1, -0.05) is 146 Å². The third-order valence-electron chi connectivity index (χ3n) is 10.9. The van der Waals surface area contributed by atoms with Crippen LogP contribution in [0.5, 0.6) is 0 Å². The summed E-state index contributed by atoms with van der Waals surface area (Å²) >= 11 is 1.72. The Morgan fingerprint density at radius 1 is 0.404 bits per heavy atom. The van der Waals surface area contributed by atoms with Crippen molar-refractivity contribution in [2.45, 2.75) is 0 Å². The van der Waals surface area contributed by atoms with Crippen molar-refractivity contribution in [1.29, 1.82) is 0 Å². The van der Waals surface area contributed by atoms with E-state index in [1.807, 2.05) is 6.07 Å². The lowest BCUT2D eigenvalue weighted by atomic mass is 9.99. The zero-order valence-corrected chi connectivity index (χ0v) is 31.7. The average Bonchev–Trinajstić information content (AvgIpc) is 3.87. The number of nitrogens with zero attached hydrogens (tertiary/aromatic N) is 2. The van der Waals surface area contributed by atoms with E-state index < -0.39 is 0 Å². The number of thiazole rings is 1. The van der Waals surface area contributed by atoms with Crippen molar-refractivity contribution in [2.24, 2.45) is 0 Å². The first-order valence-corrected chi connectivity index (χ1v) is 20.0. The van der Waals surface area contributed by atoms with Gasteiger partial charge in [-0.05, 0) is 93.2 Å². The van der Waals surface area contributed by atoms with Crippen molar-refractivity contribution in [1.82, 2.24) is 4.98 Å². The summed E-state index contributed by atoms with van der Waals surface area (Å²) in [7, 11) is 0. The molecule has 0 saturated carbocycles. The van der Waals surface area contributed by atoms with Crippen LogP contribution in [0.2, 0.25) is 0 Å². The van der Waals surface area contributed by atoms with E-state index in [2.05, 4.69) is 205 Å². The quantitative estimate of drug-likeness (QED) is 0.163. The van der Waals surface area contributed by atoms with Gasteiger partial charge in [0.25, 0.3) is 0 Å². The van der Waals surface area contributed by atoms with Crippen molar-refractivity contribution in [3.8, 4) is 44.0 Å². The van der Waals surface area contributed by atoms with E-state index in [0.29, 0.717) is 0 Å². The molecule has 2 aromatic heterocycles. The fourth-order valence-corrected chi connectivity index (χ4v) is 9.01. The van der Waals surface area contributed by atoms with E-state index >= 15 is 0 Å². The first-order valence-electron chi connectivity index (χ1n) is 19.2. The zero-order chi connectivity index (χ0) is 37.7. The highest BCUT2D eigenvalue weighted by Crippen LogP contribution is 2.43. The van der Waals surface area contributed by atoms with Gasteiger partial charge in [-0.2, -0.15) is 0 Å². The molecule has 0 aliphatic carbocycles. The molecule has 0 spiro atoms. The normalized spacial score (nSPS) is 11.5. The Hall–Kier alpha value is -7.27. The predicted octanol–water partition coefficient (Wildman–Crippen LogP) is 15.5. The van der Waals surface area contributed by atoms with Gasteiger partial charge >= 0.3 is 0 Å². The summed E-state index contributed by atoms with van der Waals surface area (Å²) in [5, 5.41) is 5.72. The fraction of sp³-hybridized carbons (Fsp3) is 0. The van der Waals surface area contributed by atoms with Crippen molar-refractivity contribution in [3.05, 3.63) is 206 Å². The highest BCUT2D eigenvalue weighted by atomic mass is 32.1. The molecule has 4 heteroatoms. The molecule has 11 aromatic rings. The molecule has 268 valence electrons. The maximum Gasteiger partial charge on any atom is 0.137 e. The van der Waals surface area contributed by atoms with Gasteiger partial charge in [0.15, 0.2) is 0 Å². The predicted molar refractivity (Wildman–Crippen MR) is 241 cm³/mol. The monoisotopic (exact) mass is 746 g/mol. The number of hydrogen-bond donors (Lipinski definition) is 0. The molecule has 11 rings (SSSR count). The average molecular weight is 747 g/mol. The van der Waals surface area contributed by atoms with Gasteiger partial charge in [0.05, 0.1) is 15.9 Å². The largest absolute Gasteiger partial charge is 0.456 e. The Morgan fingerprint density at radius 3 is 1.72 bits per heavy atom. The van der Waals surface area contributed by atoms with Crippen LogP contribution >= 0.6 is 11.3 Å². The highest BCUT2D eigenvalue weighted by Gasteiger charge is 2.18. The van der Waals surface area contributed by atoms with E-state index in [9.17, 15) is 0 Å². The van der Waals surface area contributed by atoms with Crippen LogP contribution in [-0.4, -0.2) is 4.98 Å². The fourth-order valence-electron chi connectivity index (χ4n) is 8.01. The van der Waals surface area contributed by atoms with Gasteiger partial charge in [0.1, 0.15) is 16.2 Å². The Labute approximate surface area is 334 Å². The van der Waals surface area contributed by atoms with Crippen molar-refractivity contribution in [2.75, 3.05) is 4.90 Å². The second-order valence-corrected chi connectivity index (χ2v) is 15.4. The van der Waals surface area contributed by atoms with E-state index in [1.54, 1.807) is 11.3 Å². The number of benzene rings is 9. The zero-order valence-electron chi connectivity index (χ0n) is 30.8. The molecule has 2 heterocycles. The molecular formula is C53H34N2OS. The third-order valence-corrected chi connectivity index (χ3v) is 12.0. The number of rotatable bonds is 7. The molecule has 9 aromatic carbocycles. The number of anilines is 3. The minimum absolute atomic E-state index is 0.856. The molecule has 0 aliphatic heterocycles. The van der Waals surface area contributed by atoms with Crippen molar-refractivity contribution < 1.29 is 4.42 Å². The molecule has 0 bridgehead atoms. The topological polar surface area (TPSA) is 29.3 Å². The maximum atomic E-state index is 6.38. The molecule has 57 heavy (non-hydrogen) atoms. The first-order chi connectivity index (χ1) is 28.2. The Balaban J connectivity index is 0.975. The number of para-hydroxylation sites is 1. The second-order valence-electron chi connectivity index (χ2n) is 14.4. The van der Waals surface area contributed by atoms with Gasteiger partial charge in [-0.15, -0.1) is 11.3 Å². The van der Waals surface area contributed by atoms with Crippen LogP contribution in [0.3, 0.4) is 0 Å². The molecule has 0 amide bonds. The van der Waals surface area contributed by atoms with Crippen molar-refractivity contribution in [3.63, 3.8) is 0 Å². The van der Waals surface area contributed by atoms with Crippen LogP contribution in [0.15, 0.2) is 211 Å². The van der Waals surface area contributed by atoms with Crippen LogP contribution in [0.25, 0.3) is 86.9 Å². The lowest BCUT2D eigenvalue weighted by Gasteiger charge is -2.28. The number of fused-ring (bicyclic) bond motifs is 5. The lowest BCUT2D eigenvalue weighted by Crippen LogP contribution is -2.11. The minimum Gasteiger partial charge on any atom is -0.456 e. The van der Waals surface area contributed by atoms with E-state index in [-0.39, 0.29) is 0 Å². The number of aromatic nitrogens is 1. The van der Waals surface area contributed by atoms with Gasteiger partial charge < -0.3 is 9.32 Å². The van der Waals surface area contributed by atoms with Crippen molar-refractivity contribution >= 4 is 71.3 Å². The van der Waals surface area contributed by atoms with Gasteiger partial charge in [0.2, 0.25) is 0 Å². The summed E-state index contributed by atoms with van der Waals surface area (Å²) in [6, 6.07) is 73.6. The molecular weight excluding hydrogens is 713 g/mol. The van der Waals surface area contributed by atoms with Crippen LogP contribution in [0.4, 0.5) is 17.1 Å². The lowest BCUT2D eigenvalue weighted by molar-refractivity contribution is 0.669. The summed E-state index contributed by atoms with van der Waals surface area (Å²) in [6.07, 6.45) is 0. The van der Waals surface area contributed by atoms with Crippen LogP contribution in [0, 0.1) is 0 Å². The summed E-state index contributed by atoms with van der Waals surface area (Å²) in [6.45, 7) is 0. The SMILES string of the molecule is c1ccc(-c2nc3cc4oc5ccc(-c6ccc(N(c7ccc(-c8ccc9ccccc9c8)cc7)c7ccccc7-c7ccccc7)cc6)cc5c4cc3s2)cc1. The van der Waals surface area contributed by atoms with E-state index in [0.717, 1.165) is 70.9 Å². The summed E-state index contributed by atoms with van der Waals surface area (Å²) < 4.78 is 7.53. The molecule has 0 atom stereocenters. The molecule has 0 fully saturated rings. The molecule has 0 saturated heterocycles. The summed E-state index contributed by atoms with van der Waals surface area (Å²) in [5.74, 6) is 0. The maximum absolute atomic E-state index is 6.38. The molecule has 0 radical (unpaired) electrons. The first kappa shape index (κ1) is 33.1. The Bertz CT molecular complexity index is 3220. The molecule has 3 nitrogen and oxygen atoms in total. The van der Waals surface area contributed by atoms with E-state index in [1.165, 1.54) is 33.0 Å². The highest BCUT2D eigenvalue weighted by molar-refractivity contribution is 7.21. The smallest absolute Gasteiger partial charge is 0.137 e. The van der Waals surface area contributed by atoms with E-state index in [4.69, 9.17) is 9.40 Å². The van der Waals surface area contributed by atoms with Gasteiger partial charge in [-0.25, -0.2) is 4.98 Å². The molecule has 0 aliphatic rings. The third kappa shape index (κ3) is 6.04. The Morgan fingerprint density at radius 2 is 0.982 bits per heavy atom. The van der Waals surface area contributed by atoms with Crippen LogP contribution < -0.4 is 4.90 Å². The second kappa shape index (κ2) is 13.8. The van der Waals surface area contributed by atoms with Crippen LogP contribution in [0.1, 0.15) is 0 Å². The molecule has 0 unspecified atom stereocenters. The standard InChI is InChI=1S/C53H34N2OS/c1-3-12-38(13-4-1)45-17-9-10-18-49(45)55(43-26-21-36(22-27-43)41-20-19-35-11-7-8-16-40(35)31-41)44-28-23-37(24-29-44)42-25-30-50-46(32-42)47-33-52-48(34-51(47)56-50)54-53(57-52)39-14-5-2-6-15-39/h1-34H. The summed E-state index contributed by atoms with van der Waals surface area (Å²) in [5.41, 5.74) is 14.1. The van der Waals surface area contributed by atoms with Gasteiger partial charge in [0, 0.05) is 39.3 Å². The molecule has 0 N–H and O–H groups in total.